The van der Waals surface area contributed by atoms with Gasteiger partial charge in [0, 0.05) is 5.92 Å². The van der Waals surface area contributed by atoms with Crippen molar-refractivity contribution in [2.45, 2.75) is 32.6 Å². The van der Waals surface area contributed by atoms with Crippen LogP contribution in [0.3, 0.4) is 0 Å². The van der Waals surface area contributed by atoms with Gasteiger partial charge in [0.05, 0.1) is 12.1 Å². The number of anilines is 1. The van der Waals surface area contributed by atoms with Gasteiger partial charge >= 0.3 is 5.97 Å². The molecule has 0 aliphatic heterocycles. The highest BCUT2D eigenvalue weighted by Crippen LogP contribution is 2.31. The summed E-state index contributed by atoms with van der Waals surface area (Å²) < 4.78 is 4.60. The van der Waals surface area contributed by atoms with Crippen LogP contribution in [0.25, 0.3) is 0 Å². The van der Waals surface area contributed by atoms with E-state index < -0.39 is 5.97 Å². The summed E-state index contributed by atoms with van der Waals surface area (Å²) in [5.74, 6) is -0.0725. The second kappa shape index (κ2) is 5.11. The maximum atomic E-state index is 11.3. The molecule has 0 unspecified atom stereocenters. The average Bonchev–Trinajstić information content (AvgIpc) is 2.61. The number of nitrogens with two attached hydrogens (primary N) is 1. The van der Waals surface area contributed by atoms with Crippen LogP contribution in [0.5, 0.6) is 0 Å². The van der Waals surface area contributed by atoms with E-state index in [4.69, 9.17) is 5.73 Å². The van der Waals surface area contributed by atoms with Crippen LogP contribution in [-0.4, -0.2) is 18.1 Å². The van der Waals surface area contributed by atoms with E-state index in [-0.39, 0.29) is 5.69 Å². The highest BCUT2D eigenvalue weighted by atomic mass is 32.1. The lowest BCUT2D eigenvalue weighted by Crippen LogP contribution is -2.05. The number of carbonyl (C=O) groups is 1. The lowest BCUT2D eigenvalue weighted by molar-refractivity contribution is 0.0596. The van der Waals surface area contributed by atoms with E-state index in [1.807, 2.05) is 0 Å². The first kappa shape index (κ1) is 12.0. The Morgan fingerprint density at radius 3 is 2.60 bits per heavy atom. The molecule has 84 valence electrons. The Bertz CT molecular complexity index is 345. The number of nitrogen functional groups attached to an aromatic ring is 1. The number of thiazole rings is 1. The molecule has 0 aromatic carbocycles. The van der Waals surface area contributed by atoms with Gasteiger partial charge in [-0.2, -0.15) is 0 Å². The molecule has 0 saturated carbocycles. The third-order valence-electron chi connectivity index (χ3n) is 2.38. The Morgan fingerprint density at radius 1 is 1.53 bits per heavy atom. The molecule has 0 radical (unpaired) electrons. The monoisotopic (exact) mass is 228 g/mol. The molecule has 1 aromatic rings. The van der Waals surface area contributed by atoms with Crippen molar-refractivity contribution in [3.05, 3.63) is 10.7 Å². The predicted octanol–water partition coefficient (Wildman–Crippen LogP) is 2.42. The van der Waals surface area contributed by atoms with Crippen molar-refractivity contribution in [1.29, 1.82) is 0 Å². The van der Waals surface area contributed by atoms with E-state index in [0.717, 1.165) is 17.8 Å². The molecular formula is C10H16N2O2S. The number of hydrogen-bond donors (Lipinski definition) is 1. The van der Waals surface area contributed by atoms with Gasteiger partial charge in [-0.05, 0) is 12.8 Å². The quantitative estimate of drug-likeness (QED) is 0.804. The molecule has 5 heteroatoms. The molecule has 0 aliphatic carbocycles. The molecule has 1 aromatic heterocycles. The lowest BCUT2D eigenvalue weighted by atomic mass is 10.1. The van der Waals surface area contributed by atoms with Gasteiger partial charge in [-0.3, -0.25) is 0 Å². The Labute approximate surface area is 93.5 Å². The zero-order valence-corrected chi connectivity index (χ0v) is 10.1. The summed E-state index contributed by atoms with van der Waals surface area (Å²) in [5.41, 5.74) is 5.97. The number of esters is 1. The third-order valence-corrected chi connectivity index (χ3v) is 3.43. The van der Waals surface area contributed by atoms with Gasteiger partial charge in [-0.1, -0.05) is 13.8 Å². The van der Waals surface area contributed by atoms with Gasteiger partial charge in [-0.25, -0.2) is 9.78 Å². The van der Waals surface area contributed by atoms with E-state index in [0.29, 0.717) is 10.9 Å². The lowest BCUT2D eigenvalue weighted by Gasteiger charge is -2.06. The first-order chi connectivity index (χ1) is 7.13. The van der Waals surface area contributed by atoms with Gasteiger partial charge in [0.1, 0.15) is 5.00 Å². The molecule has 0 saturated heterocycles. The first-order valence-corrected chi connectivity index (χ1v) is 5.80. The summed E-state index contributed by atoms with van der Waals surface area (Å²) in [5, 5.41) is 1.38. The van der Waals surface area contributed by atoms with Gasteiger partial charge in [0.25, 0.3) is 0 Å². The molecule has 2 N–H and O–H groups in total. The molecule has 0 aliphatic rings. The number of hydrogen-bond acceptors (Lipinski definition) is 5. The van der Waals surface area contributed by atoms with Crippen molar-refractivity contribution in [3.8, 4) is 0 Å². The number of rotatable bonds is 4. The molecule has 0 atom stereocenters. The largest absolute Gasteiger partial charge is 0.464 e. The topological polar surface area (TPSA) is 65.2 Å². The van der Waals surface area contributed by atoms with Crippen molar-refractivity contribution in [1.82, 2.24) is 4.98 Å². The maximum Gasteiger partial charge on any atom is 0.359 e. The number of nitrogens with zero attached hydrogens (tertiary/aromatic N) is 1. The number of carbonyl (C=O) groups excluding carboxylic acids is 1. The van der Waals surface area contributed by atoms with Gasteiger partial charge in [0.2, 0.25) is 0 Å². The maximum absolute atomic E-state index is 11.3. The molecular weight excluding hydrogens is 212 g/mol. The highest BCUT2D eigenvalue weighted by Gasteiger charge is 2.20. The molecule has 0 spiro atoms. The zero-order chi connectivity index (χ0) is 11.4. The molecule has 0 bridgehead atoms. The van der Waals surface area contributed by atoms with Crippen LogP contribution in [-0.2, 0) is 4.74 Å². The van der Waals surface area contributed by atoms with Gasteiger partial charge in [-0.15, -0.1) is 11.3 Å². The van der Waals surface area contributed by atoms with E-state index in [9.17, 15) is 4.79 Å². The van der Waals surface area contributed by atoms with Crippen molar-refractivity contribution >= 4 is 22.3 Å². The molecule has 1 heterocycles. The molecule has 0 amide bonds. The summed E-state index contributed by atoms with van der Waals surface area (Å²) >= 11 is 1.38. The van der Waals surface area contributed by atoms with Gasteiger partial charge < -0.3 is 10.5 Å². The third kappa shape index (κ3) is 2.47. The zero-order valence-electron chi connectivity index (χ0n) is 9.24. The second-order valence-corrected chi connectivity index (χ2v) is 4.33. The second-order valence-electron chi connectivity index (χ2n) is 3.27. The van der Waals surface area contributed by atoms with E-state index in [1.54, 1.807) is 0 Å². The molecule has 15 heavy (non-hydrogen) atoms. The molecule has 0 fully saturated rings. The molecule has 1 rings (SSSR count). The van der Waals surface area contributed by atoms with Crippen LogP contribution >= 0.6 is 11.3 Å². The predicted molar refractivity (Wildman–Crippen MR) is 61.2 cm³/mol. The molecule has 4 nitrogen and oxygen atoms in total. The summed E-state index contributed by atoms with van der Waals surface area (Å²) in [6, 6.07) is 0. The van der Waals surface area contributed by atoms with E-state index in [2.05, 4.69) is 23.6 Å². The Hall–Kier alpha value is -1.10. The van der Waals surface area contributed by atoms with Gasteiger partial charge in [0.15, 0.2) is 5.69 Å². The summed E-state index contributed by atoms with van der Waals surface area (Å²) in [6.45, 7) is 4.20. The average molecular weight is 228 g/mol. The number of aromatic nitrogens is 1. The Kier molecular flexibility index (Phi) is 4.08. The normalized spacial score (nSPS) is 10.7. The van der Waals surface area contributed by atoms with Crippen molar-refractivity contribution in [2.24, 2.45) is 0 Å². The fourth-order valence-corrected chi connectivity index (χ4v) is 2.49. The summed E-state index contributed by atoms with van der Waals surface area (Å²) in [6.07, 6.45) is 2.01. The standard InChI is InChI=1S/C10H16N2O2S/c1-4-6(5-2)9-12-7(8(11)15-9)10(13)14-3/h6H,4-5,11H2,1-3H3. The van der Waals surface area contributed by atoms with Crippen LogP contribution in [0.1, 0.15) is 48.1 Å². The Balaban J connectivity index is 2.99. The fraction of sp³-hybridized carbons (Fsp3) is 0.600. The van der Waals surface area contributed by atoms with E-state index in [1.165, 1.54) is 18.4 Å². The minimum absolute atomic E-state index is 0.254. The van der Waals surface area contributed by atoms with Crippen LogP contribution in [0.2, 0.25) is 0 Å². The first-order valence-electron chi connectivity index (χ1n) is 4.98. The van der Waals surface area contributed by atoms with Crippen LogP contribution in [0.4, 0.5) is 5.00 Å². The highest BCUT2D eigenvalue weighted by molar-refractivity contribution is 7.16. The SMILES string of the molecule is CCC(CC)c1nc(C(=O)OC)c(N)s1. The fourth-order valence-electron chi connectivity index (χ4n) is 1.40. The Morgan fingerprint density at radius 2 is 2.13 bits per heavy atom. The van der Waals surface area contributed by atoms with Crippen LogP contribution < -0.4 is 5.73 Å². The smallest absolute Gasteiger partial charge is 0.359 e. The summed E-state index contributed by atoms with van der Waals surface area (Å²) in [4.78, 5) is 15.5. The van der Waals surface area contributed by atoms with Crippen LogP contribution in [0, 0.1) is 0 Å². The van der Waals surface area contributed by atoms with Crippen LogP contribution in [0.15, 0.2) is 0 Å². The number of methoxy groups -OCH3 is 1. The van der Waals surface area contributed by atoms with Crippen molar-refractivity contribution in [3.63, 3.8) is 0 Å². The summed E-state index contributed by atoms with van der Waals surface area (Å²) in [7, 11) is 1.33. The van der Waals surface area contributed by atoms with Crippen molar-refractivity contribution < 1.29 is 9.53 Å². The minimum Gasteiger partial charge on any atom is -0.464 e. The number of ether oxygens (including phenoxy) is 1. The van der Waals surface area contributed by atoms with Crippen molar-refractivity contribution in [2.75, 3.05) is 12.8 Å². The minimum atomic E-state index is -0.457. The van der Waals surface area contributed by atoms with E-state index >= 15 is 0 Å².